The van der Waals surface area contributed by atoms with Gasteiger partial charge in [0.15, 0.2) is 6.04 Å². The zero-order chi connectivity index (χ0) is 12.8. The third-order valence-corrected chi connectivity index (χ3v) is 3.10. The Morgan fingerprint density at radius 1 is 1.47 bits per heavy atom. The molecule has 4 N–H and O–H groups in total. The highest BCUT2D eigenvalue weighted by Crippen LogP contribution is 2.23. The van der Waals surface area contributed by atoms with Crippen LogP contribution in [0.5, 0.6) is 0 Å². The maximum absolute atomic E-state index is 11.9. The predicted molar refractivity (Wildman–Crippen MR) is 61.4 cm³/mol. The van der Waals surface area contributed by atoms with Crippen molar-refractivity contribution in [3.63, 3.8) is 0 Å². The average Bonchev–Trinajstić information content (AvgIpc) is 2.28. The van der Waals surface area contributed by atoms with Crippen LogP contribution in [0, 0.1) is 5.92 Å². The van der Waals surface area contributed by atoms with Gasteiger partial charge in [0.1, 0.15) is 0 Å². The van der Waals surface area contributed by atoms with E-state index in [4.69, 9.17) is 15.6 Å². The number of hydrogen-bond acceptors (Lipinski definition) is 4. The van der Waals surface area contributed by atoms with Gasteiger partial charge in [-0.25, -0.2) is 4.79 Å². The minimum atomic E-state index is -1.09. The molecule has 0 aliphatic heterocycles. The maximum Gasteiger partial charge on any atom is 0.328 e. The van der Waals surface area contributed by atoms with Crippen LogP contribution in [0.15, 0.2) is 0 Å². The quantitative estimate of drug-likeness (QED) is 0.617. The van der Waals surface area contributed by atoms with E-state index in [-0.39, 0.29) is 24.5 Å². The number of amides is 1. The zero-order valence-electron chi connectivity index (χ0n) is 10.0. The molecule has 6 heteroatoms. The summed E-state index contributed by atoms with van der Waals surface area (Å²) < 4.78 is 4.75. The summed E-state index contributed by atoms with van der Waals surface area (Å²) in [4.78, 5) is 22.8. The number of carboxylic acid groups (broad SMARTS) is 1. The molecule has 0 heterocycles. The summed E-state index contributed by atoms with van der Waals surface area (Å²) in [7, 11) is 1.40. The largest absolute Gasteiger partial charge is 0.480 e. The van der Waals surface area contributed by atoms with Crippen molar-refractivity contribution in [2.24, 2.45) is 11.7 Å². The monoisotopic (exact) mass is 244 g/mol. The summed E-state index contributed by atoms with van der Waals surface area (Å²) in [5.41, 5.74) is 5.87. The first-order valence-electron chi connectivity index (χ1n) is 5.84. The lowest BCUT2D eigenvalue weighted by Gasteiger charge is -2.28. The Labute approximate surface area is 101 Å². The number of carbonyl (C=O) groups is 2. The van der Waals surface area contributed by atoms with Crippen LogP contribution in [-0.4, -0.2) is 42.8 Å². The summed E-state index contributed by atoms with van der Waals surface area (Å²) in [5.74, 6) is -1.64. The molecule has 0 aromatic heterocycles. The molecule has 1 aliphatic rings. The first-order valence-corrected chi connectivity index (χ1v) is 5.84. The molecule has 0 bridgehead atoms. The molecule has 3 unspecified atom stereocenters. The molecule has 1 fully saturated rings. The van der Waals surface area contributed by atoms with Crippen molar-refractivity contribution in [2.75, 3.05) is 13.7 Å². The lowest BCUT2D eigenvalue weighted by atomic mass is 9.84. The van der Waals surface area contributed by atoms with E-state index < -0.39 is 12.0 Å². The molecule has 98 valence electrons. The van der Waals surface area contributed by atoms with E-state index in [1.165, 1.54) is 7.11 Å². The maximum atomic E-state index is 11.9. The molecule has 6 nitrogen and oxygen atoms in total. The molecular weight excluding hydrogens is 224 g/mol. The Morgan fingerprint density at radius 2 is 2.12 bits per heavy atom. The van der Waals surface area contributed by atoms with Crippen LogP contribution in [0.3, 0.4) is 0 Å². The van der Waals surface area contributed by atoms with Crippen LogP contribution >= 0.6 is 0 Å². The number of methoxy groups -OCH3 is 1. The lowest BCUT2D eigenvalue weighted by molar-refractivity contribution is -0.144. The molecule has 0 aromatic rings. The van der Waals surface area contributed by atoms with Gasteiger partial charge >= 0.3 is 5.97 Å². The highest BCUT2D eigenvalue weighted by atomic mass is 16.5. The van der Waals surface area contributed by atoms with Gasteiger partial charge in [0.2, 0.25) is 5.91 Å². The van der Waals surface area contributed by atoms with Crippen molar-refractivity contribution >= 4 is 11.9 Å². The van der Waals surface area contributed by atoms with Crippen molar-refractivity contribution in [3.8, 4) is 0 Å². The zero-order valence-corrected chi connectivity index (χ0v) is 10.0. The summed E-state index contributed by atoms with van der Waals surface area (Å²) in [6.07, 6.45) is 3.55. The molecule has 17 heavy (non-hydrogen) atoms. The van der Waals surface area contributed by atoms with Crippen molar-refractivity contribution in [1.82, 2.24) is 5.32 Å². The van der Waals surface area contributed by atoms with Crippen molar-refractivity contribution in [1.29, 1.82) is 0 Å². The molecule has 0 spiro atoms. The lowest BCUT2D eigenvalue weighted by Crippen LogP contribution is -2.50. The van der Waals surface area contributed by atoms with Gasteiger partial charge in [-0.15, -0.1) is 0 Å². The Balaban J connectivity index is 2.53. The molecule has 0 radical (unpaired) electrons. The van der Waals surface area contributed by atoms with Gasteiger partial charge in [0, 0.05) is 13.2 Å². The Morgan fingerprint density at radius 3 is 2.65 bits per heavy atom. The highest BCUT2D eigenvalue weighted by molar-refractivity contribution is 5.85. The Kier molecular flexibility index (Phi) is 5.37. The van der Waals surface area contributed by atoms with Gasteiger partial charge in [-0.3, -0.25) is 4.79 Å². The minimum Gasteiger partial charge on any atom is -0.480 e. The highest BCUT2D eigenvalue weighted by Gasteiger charge is 2.31. The Hall–Kier alpha value is -1.14. The minimum absolute atomic E-state index is 0.0387. The third kappa shape index (κ3) is 3.98. The second kappa shape index (κ2) is 6.56. The van der Waals surface area contributed by atoms with Gasteiger partial charge in [0.25, 0.3) is 0 Å². The van der Waals surface area contributed by atoms with Crippen molar-refractivity contribution < 1.29 is 19.4 Å². The van der Waals surface area contributed by atoms with Crippen LogP contribution in [0.25, 0.3) is 0 Å². The molecule has 1 saturated carbocycles. The first-order chi connectivity index (χ1) is 8.06. The fourth-order valence-electron chi connectivity index (χ4n) is 2.11. The fourth-order valence-corrected chi connectivity index (χ4v) is 2.11. The second-order valence-electron chi connectivity index (χ2n) is 4.41. The van der Waals surface area contributed by atoms with Crippen molar-refractivity contribution in [2.45, 2.75) is 37.8 Å². The first kappa shape index (κ1) is 13.9. The van der Waals surface area contributed by atoms with Crippen LogP contribution in [-0.2, 0) is 14.3 Å². The van der Waals surface area contributed by atoms with E-state index in [9.17, 15) is 9.59 Å². The SMILES string of the molecule is COCC(NC(=O)C1CCCCC1N)C(=O)O. The van der Waals surface area contributed by atoms with E-state index >= 15 is 0 Å². The van der Waals surface area contributed by atoms with Gasteiger partial charge in [-0.2, -0.15) is 0 Å². The molecular formula is C11H20N2O4. The average molecular weight is 244 g/mol. The van der Waals surface area contributed by atoms with E-state index in [2.05, 4.69) is 5.32 Å². The summed E-state index contributed by atoms with van der Waals surface area (Å²) in [6.45, 7) is -0.0387. The molecule has 1 rings (SSSR count). The normalized spacial score (nSPS) is 26.2. The van der Waals surface area contributed by atoms with E-state index in [0.29, 0.717) is 0 Å². The Bertz CT molecular complexity index is 283. The number of carboxylic acids is 1. The van der Waals surface area contributed by atoms with Gasteiger partial charge in [0.05, 0.1) is 12.5 Å². The van der Waals surface area contributed by atoms with Crippen molar-refractivity contribution in [3.05, 3.63) is 0 Å². The summed E-state index contributed by atoms with van der Waals surface area (Å²) >= 11 is 0. The van der Waals surface area contributed by atoms with E-state index in [1.807, 2.05) is 0 Å². The molecule has 1 amide bonds. The number of carbonyl (C=O) groups excluding carboxylic acids is 1. The van der Waals surface area contributed by atoms with Gasteiger partial charge in [-0.05, 0) is 12.8 Å². The number of rotatable bonds is 5. The molecule has 0 saturated heterocycles. The predicted octanol–water partition coefficient (Wildman–Crippen LogP) is -0.280. The number of aliphatic carboxylic acids is 1. The summed E-state index contributed by atoms with van der Waals surface area (Å²) in [5, 5.41) is 11.4. The van der Waals surface area contributed by atoms with Gasteiger partial charge < -0.3 is 20.9 Å². The molecule has 0 aromatic carbocycles. The smallest absolute Gasteiger partial charge is 0.328 e. The van der Waals surface area contributed by atoms with E-state index in [0.717, 1.165) is 25.7 Å². The topological polar surface area (TPSA) is 102 Å². The fraction of sp³-hybridized carbons (Fsp3) is 0.818. The van der Waals surface area contributed by atoms with Crippen LogP contribution in [0.4, 0.5) is 0 Å². The standard InChI is InChI=1S/C11H20N2O4/c1-17-6-9(11(15)16)13-10(14)7-4-2-3-5-8(7)12/h7-9H,2-6,12H2,1H3,(H,13,14)(H,15,16). The van der Waals surface area contributed by atoms with Crippen LogP contribution in [0.1, 0.15) is 25.7 Å². The number of nitrogens with two attached hydrogens (primary N) is 1. The number of nitrogens with one attached hydrogen (secondary N) is 1. The van der Waals surface area contributed by atoms with Gasteiger partial charge in [-0.1, -0.05) is 12.8 Å². The summed E-state index contributed by atoms with van der Waals surface area (Å²) in [6, 6.07) is -1.16. The third-order valence-electron chi connectivity index (χ3n) is 3.10. The van der Waals surface area contributed by atoms with E-state index in [1.54, 1.807) is 0 Å². The van der Waals surface area contributed by atoms with Crippen LogP contribution in [0.2, 0.25) is 0 Å². The molecule has 1 aliphatic carbocycles. The molecule has 3 atom stereocenters. The number of hydrogen-bond donors (Lipinski definition) is 3. The second-order valence-corrected chi connectivity index (χ2v) is 4.41. The van der Waals surface area contributed by atoms with Crippen LogP contribution < -0.4 is 11.1 Å². The number of ether oxygens (including phenoxy) is 1.